The van der Waals surface area contributed by atoms with Gasteiger partial charge in [0, 0.05) is 37.9 Å². The zero-order valence-electron chi connectivity index (χ0n) is 15.7. The van der Waals surface area contributed by atoms with E-state index < -0.39 is 10.0 Å². The second kappa shape index (κ2) is 8.00. The van der Waals surface area contributed by atoms with Gasteiger partial charge in [-0.15, -0.1) is 0 Å². The molecule has 1 heterocycles. The third-order valence-electron chi connectivity index (χ3n) is 4.75. The molecule has 0 bridgehead atoms. The predicted molar refractivity (Wildman–Crippen MR) is 109 cm³/mol. The van der Waals surface area contributed by atoms with Crippen molar-refractivity contribution < 1.29 is 13.2 Å². The molecule has 3 rings (SSSR count). The molecule has 0 aromatic heterocycles. The minimum absolute atomic E-state index is 0.127. The molecule has 0 fully saturated rings. The number of fused-ring (bicyclic) bond motifs is 1. The van der Waals surface area contributed by atoms with Gasteiger partial charge in [-0.1, -0.05) is 18.2 Å². The minimum Gasteiger partial charge on any atom is -0.375 e. The molecule has 144 valence electrons. The first-order valence-electron chi connectivity index (χ1n) is 9.01. The van der Waals surface area contributed by atoms with Crippen LogP contribution in [-0.4, -0.2) is 47.3 Å². The number of carbonyl (C=O) groups is 1. The van der Waals surface area contributed by atoms with E-state index in [0.29, 0.717) is 30.8 Å². The number of anilines is 2. The van der Waals surface area contributed by atoms with E-state index in [0.717, 1.165) is 24.2 Å². The van der Waals surface area contributed by atoms with Crippen LogP contribution < -0.4 is 14.5 Å². The van der Waals surface area contributed by atoms with Gasteiger partial charge in [0.05, 0.1) is 11.9 Å². The molecule has 2 aromatic rings. The Bertz CT molecular complexity index is 913. The average Bonchev–Trinajstić information content (AvgIpc) is 3.09. The molecule has 1 aliphatic rings. The van der Waals surface area contributed by atoms with Crippen molar-refractivity contribution in [3.8, 4) is 0 Å². The lowest BCUT2D eigenvalue weighted by Crippen LogP contribution is -2.28. The number of rotatable bonds is 7. The summed E-state index contributed by atoms with van der Waals surface area (Å²) in [5.74, 6) is -0.127. The summed E-state index contributed by atoms with van der Waals surface area (Å²) < 4.78 is 25.0. The van der Waals surface area contributed by atoms with E-state index in [-0.39, 0.29) is 5.91 Å². The summed E-state index contributed by atoms with van der Waals surface area (Å²) in [4.78, 5) is 14.5. The van der Waals surface area contributed by atoms with Gasteiger partial charge in [0.1, 0.15) is 0 Å². The Morgan fingerprint density at radius 3 is 2.63 bits per heavy atom. The highest BCUT2D eigenvalue weighted by Crippen LogP contribution is 2.30. The van der Waals surface area contributed by atoms with Gasteiger partial charge in [0.25, 0.3) is 5.91 Å². The molecule has 0 saturated heterocycles. The van der Waals surface area contributed by atoms with Crippen LogP contribution >= 0.6 is 0 Å². The predicted octanol–water partition coefficient (Wildman–Crippen LogP) is 2.26. The van der Waals surface area contributed by atoms with Crippen LogP contribution in [0.5, 0.6) is 0 Å². The van der Waals surface area contributed by atoms with Crippen molar-refractivity contribution in [3.63, 3.8) is 0 Å². The molecule has 1 amide bonds. The van der Waals surface area contributed by atoms with E-state index >= 15 is 0 Å². The van der Waals surface area contributed by atoms with Crippen molar-refractivity contribution in [1.82, 2.24) is 5.32 Å². The van der Waals surface area contributed by atoms with Crippen molar-refractivity contribution in [2.75, 3.05) is 42.1 Å². The summed E-state index contributed by atoms with van der Waals surface area (Å²) in [7, 11) is -1.24. The van der Waals surface area contributed by atoms with E-state index in [4.69, 9.17) is 0 Å². The van der Waals surface area contributed by atoms with Gasteiger partial charge in [-0.05, 0) is 48.7 Å². The van der Waals surface area contributed by atoms with Gasteiger partial charge < -0.3 is 10.2 Å². The summed E-state index contributed by atoms with van der Waals surface area (Å²) in [5, 5.41) is 2.94. The Hall–Kier alpha value is -2.54. The Kier molecular flexibility index (Phi) is 5.70. The fourth-order valence-corrected chi connectivity index (χ4v) is 4.25. The van der Waals surface area contributed by atoms with E-state index in [2.05, 4.69) is 22.3 Å². The van der Waals surface area contributed by atoms with Crippen LogP contribution in [0.25, 0.3) is 0 Å². The maximum absolute atomic E-state index is 12.4. The first-order valence-corrected chi connectivity index (χ1v) is 10.9. The van der Waals surface area contributed by atoms with E-state index in [9.17, 15) is 13.2 Å². The molecule has 0 spiro atoms. The van der Waals surface area contributed by atoms with Crippen LogP contribution in [0.15, 0.2) is 48.5 Å². The number of nitrogens with zero attached hydrogens (tertiary/aromatic N) is 2. The molecular formula is C20H25N3O3S. The second-order valence-corrected chi connectivity index (χ2v) is 8.70. The van der Waals surface area contributed by atoms with Crippen LogP contribution in [-0.2, 0) is 16.4 Å². The first kappa shape index (κ1) is 19.2. The summed E-state index contributed by atoms with van der Waals surface area (Å²) in [6.07, 6.45) is 2.67. The highest BCUT2D eigenvalue weighted by atomic mass is 32.2. The lowest BCUT2D eigenvalue weighted by atomic mass is 10.1. The lowest BCUT2D eigenvalue weighted by molar-refractivity contribution is 0.0953. The standard InChI is InChI=1S/C20H25N3O3S/c1-22(18-7-4-3-5-8-18)13-6-12-21-20(24)17-9-10-19-16(15-17)11-14-23(19)27(2,25)26/h3-5,7-10,15H,6,11-14H2,1-2H3,(H,21,24). The fraction of sp³-hybridized carbons (Fsp3) is 0.350. The molecule has 1 aliphatic heterocycles. The third-order valence-corrected chi connectivity index (χ3v) is 5.93. The minimum atomic E-state index is -3.27. The van der Waals surface area contributed by atoms with Crippen molar-refractivity contribution in [1.29, 1.82) is 0 Å². The van der Waals surface area contributed by atoms with E-state index in [1.54, 1.807) is 18.2 Å². The van der Waals surface area contributed by atoms with E-state index in [1.165, 1.54) is 10.6 Å². The number of hydrogen-bond donors (Lipinski definition) is 1. The van der Waals surface area contributed by atoms with Gasteiger partial charge >= 0.3 is 0 Å². The SMILES string of the molecule is CN(CCCNC(=O)c1ccc2c(c1)CCN2S(C)(=O)=O)c1ccccc1. The summed E-state index contributed by atoms with van der Waals surface area (Å²) in [5.41, 5.74) is 3.30. The van der Waals surface area contributed by atoms with Gasteiger partial charge in [-0.25, -0.2) is 8.42 Å². The Balaban J connectivity index is 1.52. The van der Waals surface area contributed by atoms with Crippen LogP contribution in [0.4, 0.5) is 11.4 Å². The highest BCUT2D eigenvalue weighted by molar-refractivity contribution is 7.92. The van der Waals surface area contributed by atoms with Gasteiger partial charge in [-0.2, -0.15) is 0 Å². The maximum atomic E-state index is 12.4. The van der Waals surface area contributed by atoms with Gasteiger partial charge in [0.2, 0.25) is 10.0 Å². The third kappa shape index (κ3) is 4.60. The van der Waals surface area contributed by atoms with E-state index in [1.807, 2.05) is 25.2 Å². The molecule has 1 N–H and O–H groups in total. The largest absolute Gasteiger partial charge is 0.375 e. The second-order valence-electron chi connectivity index (χ2n) is 6.80. The number of para-hydroxylation sites is 1. The fourth-order valence-electron chi connectivity index (χ4n) is 3.29. The topological polar surface area (TPSA) is 69.7 Å². The Morgan fingerprint density at radius 2 is 1.93 bits per heavy atom. The van der Waals surface area contributed by atoms with Crippen LogP contribution in [0, 0.1) is 0 Å². The highest BCUT2D eigenvalue weighted by Gasteiger charge is 2.26. The number of sulfonamides is 1. The average molecular weight is 388 g/mol. The number of nitrogens with one attached hydrogen (secondary N) is 1. The monoisotopic (exact) mass is 387 g/mol. The molecule has 0 saturated carbocycles. The zero-order chi connectivity index (χ0) is 19.4. The van der Waals surface area contributed by atoms with Gasteiger partial charge in [-0.3, -0.25) is 9.10 Å². The van der Waals surface area contributed by atoms with Crippen LogP contribution in [0.2, 0.25) is 0 Å². The van der Waals surface area contributed by atoms with Crippen molar-refractivity contribution in [2.24, 2.45) is 0 Å². The van der Waals surface area contributed by atoms with Crippen molar-refractivity contribution in [2.45, 2.75) is 12.8 Å². The molecule has 0 aliphatic carbocycles. The quantitative estimate of drug-likeness (QED) is 0.740. The maximum Gasteiger partial charge on any atom is 0.251 e. The molecule has 2 aromatic carbocycles. The lowest BCUT2D eigenvalue weighted by Gasteiger charge is -2.19. The first-order chi connectivity index (χ1) is 12.9. The smallest absolute Gasteiger partial charge is 0.251 e. The normalized spacial score (nSPS) is 13.3. The van der Waals surface area contributed by atoms with Gasteiger partial charge in [0.15, 0.2) is 0 Å². The molecule has 0 atom stereocenters. The molecule has 0 radical (unpaired) electrons. The zero-order valence-corrected chi connectivity index (χ0v) is 16.5. The Morgan fingerprint density at radius 1 is 1.19 bits per heavy atom. The van der Waals surface area contributed by atoms with Crippen LogP contribution in [0.3, 0.4) is 0 Å². The number of benzene rings is 2. The van der Waals surface area contributed by atoms with Crippen molar-refractivity contribution >= 4 is 27.3 Å². The molecule has 0 unspecified atom stereocenters. The molecule has 7 heteroatoms. The number of hydrogen-bond acceptors (Lipinski definition) is 4. The molecule has 6 nitrogen and oxygen atoms in total. The number of amides is 1. The summed E-state index contributed by atoms with van der Waals surface area (Å²) in [6.45, 7) is 1.87. The summed E-state index contributed by atoms with van der Waals surface area (Å²) >= 11 is 0. The van der Waals surface area contributed by atoms with Crippen molar-refractivity contribution in [3.05, 3.63) is 59.7 Å². The Labute approximate surface area is 160 Å². The number of carbonyl (C=O) groups excluding carboxylic acids is 1. The van der Waals surface area contributed by atoms with Crippen LogP contribution in [0.1, 0.15) is 22.3 Å². The molecular weight excluding hydrogens is 362 g/mol. The molecule has 27 heavy (non-hydrogen) atoms. The summed E-state index contributed by atoms with van der Waals surface area (Å²) in [6, 6.07) is 15.3.